The highest BCUT2D eigenvalue weighted by Gasteiger charge is 2.19. The molecule has 1 heterocycles. The molecule has 3 N–H and O–H groups in total. The van der Waals surface area contributed by atoms with Crippen molar-refractivity contribution in [2.24, 2.45) is 5.73 Å². The van der Waals surface area contributed by atoms with Gasteiger partial charge in [-0.25, -0.2) is 4.79 Å². The predicted molar refractivity (Wildman–Crippen MR) is 87.6 cm³/mol. The molecule has 1 aliphatic rings. The number of amides is 1. The van der Waals surface area contributed by atoms with E-state index in [-0.39, 0.29) is 6.09 Å². The maximum absolute atomic E-state index is 11.6. The van der Waals surface area contributed by atoms with Crippen molar-refractivity contribution >= 4 is 6.09 Å². The van der Waals surface area contributed by atoms with Crippen LogP contribution in [0.25, 0.3) is 0 Å². The average molecular weight is 305 g/mol. The van der Waals surface area contributed by atoms with Crippen LogP contribution < -0.4 is 11.1 Å². The summed E-state index contributed by atoms with van der Waals surface area (Å²) in [5, 5.41) is 2.81. The minimum atomic E-state index is -0.454. The fraction of sp³-hybridized carbons (Fsp3) is 0.588. The Balaban J connectivity index is 1.82. The summed E-state index contributed by atoms with van der Waals surface area (Å²) in [6.45, 7) is 9.49. The highest BCUT2D eigenvalue weighted by molar-refractivity contribution is 5.67. The van der Waals surface area contributed by atoms with Crippen molar-refractivity contribution in [2.45, 2.75) is 45.9 Å². The Morgan fingerprint density at radius 2 is 2.18 bits per heavy atom. The Morgan fingerprint density at radius 1 is 1.41 bits per heavy atom. The van der Waals surface area contributed by atoms with Crippen LogP contribution in [-0.4, -0.2) is 36.2 Å². The smallest absolute Gasteiger partial charge is 0.407 e. The fourth-order valence-electron chi connectivity index (χ4n) is 2.72. The molecule has 0 radical (unpaired) electrons. The van der Waals surface area contributed by atoms with Crippen LogP contribution in [0.1, 0.15) is 37.5 Å². The zero-order valence-corrected chi connectivity index (χ0v) is 13.8. The summed E-state index contributed by atoms with van der Waals surface area (Å²) < 4.78 is 5.23. The molecule has 1 aromatic rings. The molecule has 5 heteroatoms. The number of ether oxygens (including phenoxy) is 1. The van der Waals surface area contributed by atoms with Crippen LogP contribution in [0.4, 0.5) is 4.79 Å². The van der Waals surface area contributed by atoms with Gasteiger partial charge in [-0.1, -0.05) is 18.2 Å². The lowest BCUT2D eigenvalue weighted by molar-refractivity contribution is 0.0521. The van der Waals surface area contributed by atoms with Gasteiger partial charge >= 0.3 is 6.09 Å². The highest BCUT2D eigenvalue weighted by atomic mass is 16.6. The molecule has 122 valence electrons. The fourth-order valence-corrected chi connectivity index (χ4v) is 2.72. The summed E-state index contributed by atoms with van der Waals surface area (Å²) in [4.78, 5) is 14.0. The summed E-state index contributed by atoms with van der Waals surface area (Å²) in [6.07, 6.45) is 0.683. The molecule has 0 atom stereocenters. The minimum absolute atomic E-state index is 0.354. The number of nitrogens with one attached hydrogen (secondary N) is 1. The van der Waals surface area contributed by atoms with E-state index in [0.717, 1.165) is 26.1 Å². The van der Waals surface area contributed by atoms with Crippen molar-refractivity contribution in [1.29, 1.82) is 0 Å². The maximum atomic E-state index is 11.6. The van der Waals surface area contributed by atoms with Gasteiger partial charge in [-0.3, -0.25) is 4.90 Å². The van der Waals surface area contributed by atoms with Gasteiger partial charge in [-0.2, -0.15) is 0 Å². The summed E-state index contributed by atoms with van der Waals surface area (Å²) in [5.74, 6) is 0. The molecule has 5 nitrogen and oxygen atoms in total. The van der Waals surface area contributed by atoms with Gasteiger partial charge in [0, 0.05) is 32.7 Å². The van der Waals surface area contributed by atoms with Gasteiger partial charge in [0.2, 0.25) is 0 Å². The van der Waals surface area contributed by atoms with E-state index >= 15 is 0 Å². The normalized spacial score (nSPS) is 15.3. The number of rotatable bonds is 4. The molecular weight excluding hydrogens is 278 g/mol. The Bertz CT molecular complexity index is 509. The van der Waals surface area contributed by atoms with Gasteiger partial charge in [-0.15, -0.1) is 0 Å². The molecule has 1 aliphatic heterocycles. The molecule has 0 spiro atoms. The first-order valence-electron chi connectivity index (χ1n) is 7.88. The van der Waals surface area contributed by atoms with E-state index in [9.17, 15) is 4.79 Å². The molecular formula is C17H27N3O2. The Morgan fingerprint density at radius 3 is 2.86 bits per heavy atom. The molecule has 0 aliphatic carbocycles. The first-order valence-corrected chi connectivity index (χ1v) is 7.88. The summed E-state index contributed by atoms with van der Waals surface area (Å²) >= 11 is 0. The van der Waals surface area contributed by atoms with Gasteiger partial charge in [-0.05, 0) is 43.9 Å². The number of fused-ring (bicyclic) bond motifs is 1. The van der Waals surface area contributed by atoms with Gasteiger partial charge in [0.05, 0.1) is 0 Å². The molecule has 22 heavy (non-hydrogen) atoms. The lowest BCUT2D eigenvalue weighted by atomic mass is 9.95. The molecule has 1 aromatic carbocycles. The third kappa shape index (κ3) is 4.71. The number of carbonyl (C=O) groups excluding carboxylic acids is 1. The SMILES string of the molecule is CC(C)(C)OC(=O)NCCN1CCc2cccc(CN)c2C1. The van der Waals surface area contributed by atoms with E-state index in [0.29, 0.717) is 13.1 Å². The van der Waals surface area contributed by atoms with Crippen molar-refractivity contribution in [2.75, 3.05) is 19.6 Å². The number of hydrogen-bond acceptors (Lipinski definition) is 4. The number of hydrogen-bond donors (Lipinski definition) is 2. The van der Waals surface area contributed by atoms with Crippen LogP contribution in [0.3, 0.4) is 0 Å². The van der Waals surface area contributed by atoms with Gasteiger partial charge in [0.25, 0.3) is 0 Å². The average Bonchev–Trinajstić information content (AvgIpc) is 2.44. The quantitative estimate of drug-likeness (QED) is 0.893. The second-order valence-electron chi connectivity index (χ2n) is 6.71. The molecule has 0 saturated heterocycles. The lowest BCUT2D eigenvalue weighted by Crippen LogP contribution is -2.40. The van der Waals surface area contributed by atoms with E-state index in [1.807, 2.05) is 20.8 Å². The van der Waals surface area contributed by atoms with Crippen LogP contribution in [-0.2, 0) is 24.2 Å². The van der Waals surface area contributed by atoms with E-state index in [4.69, 9.17) is 10.5 Å². The van der Waals surface area contributed by atoms with E-state index < -0.39 is 5.60 Å². The summed E-state index contributed by atoms with van der Waals surface area (Å²) in [6, 6.07) is 6.37. The second-order valence-corrected chi connectivity index (χ2v) is 6.71. The van der Waals surface area contributed by atoms with Crippen molar-refractivity contribution in [3.8, 4) is 0 Å². The standard InChI is InChI=1S/C17H27N3O2/c1-17(2,3)22-16(21)19-8-10-20-9-7-13-5-4-6-14(11-18)15(13)12-20/h4-6H,7-12,18H2,1-3H3,(H,19,21). The van der Waals surface area contributed by atoms with Gasteiger partial charge in [0.15, 0.2) is 0 Å². The van der Waals surface area contributed by atoms with Crippen LogP contribution >= 0.6 is 0 Å². The monoisotopic (exact) mass is 305 g/mol. The van der Waals surface area contributed by atoms with E-state index in [2.05, 4.69) is 28.4 Å². The first kappa shape index (κ1) is 16.8. The third-order valence-electron chi connectivity index (χ3n) is 3.77. The van der Waals surface area contributed by atoms with Crippen molar-refractivity contribution in [3.63, 3.8) is 0 Å². The zero-order valence-electron chi connectivity index (χ0n) is 13.8. The van der Waals surface area contributed by atoms with Gasteiger partial charge in [0.1, 0.15) is 5.60 Å². The predicted octanol–water partition coefficient (Wildman–Crippen LogP) is 2.03. The highest BCUT2D eigenvalue weighted by Crippen LogP contribution is 2.22. The number of benzene rings is 1. The zero-order chi connectivity index (χ0) is 16.2. The molecule has 0 fully saturated rings. The van der Waals surface area contributed by atoms with Crippen LogP contribution in [0.5, 0.6) is 0 Å². The molecule has 0 unspecified atom stereocenters. The van der Waals surface area contributed by atoms with Crippen LogP contribution in [0.2, 0.25) is 0 Å². The number of nitrogens with two attached hydrogens (primary N) is 1. The second kappa shape index (κ2) is 7.11. The Kier molecular flexibility index (Phi) is 5.42. The van der Waals surface area contributed by atoms with Crippen molar-refractivity contribution < 1.29 is 9.53 Å². The number of alkyl carbamates (subject to hydrolysis) is 1. The minimum Gasteiger partial charge on any atom is -0.444 e. The van der Waals surface area contributed by atoms with Crippen molar-refractivity contribution in [3.05, 3.63) is 34.9 Å². The summed E-state index contributed by atoms with van der Waals surface area (Å²) in [5.41, 5.74) is 9.35. The third-order valence-corrected chi connectivity index (χ3v) is 3.77. The molecule has 0 bridgehead atoms. The van der Waals surface area contributed by atoms with E-state index in [1.165, 1.54) is 16.7 Å². The van der Waals surface area contributed by atoms with E-state index in [1.54, 1.807) is 0 Å². The lowest BCUT2D eigenvalue weighted by Gasteiger charge is -2.30. The maximum Gasteiger partial charge on any atom is 0.407 e. The molecule has 1 amide bonds. The topological polar surface area (TPSA) is 67.6 Å². The Hall–Kier alpha value is -1.59. The largest absolute Gasteiger partial charge is 0.444 e. The molecule has 0 saturated carbocycles. The number of nitrogens with zero attached hydrogens (tertiary/aromatic N) is 1. The molecule has 0 aromatic heterocycles. The van der Waals surface area contributed by atoms with Gasteiger partial charge < -0.3 is 15.8 Å². The van der Waals surface area contributed by atoms with Crippen LogP contribution in [0, 0.1) is 0 Å². The first-order chi connectivity index (χ1) is 10.4. The van der Waals surface area contributed by atoms with Crippen molar-refractivity contribution in [1.82, 2.24) is 10.2 Å². The number of carbonyl (C=O) groups is 1. The molecule has 2 rings (SSSR count). The van der Waals surface area contributed by atoms with Crippen LogP contribution in [0.15, 0.2) is 18.2 Å². The Labute approximate surface area is 132 Å². The summed E-state index contributed by atoms with van der Waals surface area (Å²) in [7, 11) is 0.